The fourth-order valence-electron chi connectivity index (χ4n) is 2.92. The summed E-state index contributed by atoms with van der Waals surface area (Å²) in [4.78, 5) is 23.8. The molecule has 30 heavy (non-hydrogen) atoms. The van der Waals surface area contributed by atoms with Crippen LogP contribution >= 0.6 is 11.8 Å². The normalized spacial score (nSPS) is 14.6. The molecule has 162 valence electrons. The minimum Gasteiger partial charge on any atom is -0.468 e. The van der Waals surface area contributed by atoms with Gasteiger partial charge in [0.2, 0.25) is 10.0 Å². The van der Waals surface area contributed by atoms with Gasteiger partial charge < -0.3 is 14.6 Å². The van der Waals surface area contributed by atoms with Crippen LogP contribution in [0.3, 0.4) is 0 Å². The lowest BCUT2D eigenvalue weighted by Crippen LogP contribution is -2.28. The van der Waals surface area contributed by atoms with Gasteiger partial charge in [0.25, 0.3) is 5.91 Å². The Morgan fingerprint density at radius 1 is 1.17 bits per heavy atom. The highest BCUT2D eigenvalue weighted by atomic mass is 32.2. The van der Waals surface area contributed by atoms with E-state index in [0.717, 1.165) is 12.8 Å². The van der Waals surface area contributed by atoms with Gasteiger partial charge in [-0.25, -0.2) is 8.42 Å². The SMILES string of the molecule is COC(=O)CSc1nnc(CNC(=O)c2ccc(S(=O)(=O)N3CCCC3)cc2)n1C. The first kappa shape index (κ1) is 22.2. The molecule has 1 aromatic heterocycles. The molecule has 1 aliphatic rings. The van der Waals surface area contributed by atoms with E-state index in [1.165, 1.54) is 47.4 Å². The molecular weight excluding hydrogens is 430 g/mol. The van der Waals surface area contributed by atoms with Crippen LogP contribution < -0.4 is 5.32 Å². The largest absolute Gasteiger partial charge is 0.468 e. The predicted octanol–water partition coefficient (Wildman–Crippen LogP) is 0.795. The van der Waals surface area contributed by atoms with E-state index in [0.29, 0.717) is 29.6 Å². The highest BCUT2D eigenvalue weighted by molar-refractivity contribution is 7.99. The highest BCUT2D eigenvalue weighted by Gasteiger charge is 2.27. The number of aromatic nitrogens is 3. The maximum atomic E-state index is 12.6. The smallest absolute Gasteiger partial charge is 0.316 e. The van der Waals surface area contributed by atoms with Crippen LogP contribution in [0.2, 0.25) is 0 Å². The van der Waals surface area contributed by atoms with E-state index >= 15 is 0 Å². The number of nitrogens with zero attached hydrogens (tertiary/aromatic N) is 4. The van der Waals surface area contributed by atoms with Crippen LogP contribution in [0.15, 0.2) is 34.3 Å². The number of methoxy groups -OCH3 is 1. The molecule has 3 rings (SSSR count). The fraction of sp³-hybridized carbons (Fsp3) is 0.444. The zero-order chi connectivity index (χ0) is 21.7. The maximum Gasteiger partial charge on any atom is 0.316 e. The number of amides is 1. The lowest BCUT2D eigenvalue weighted by Gasteiger charge is -2.15. The number of benzene rings is 1. The molecule has 0 radical (unpaired) electrons. The van der Waals surface area contributed by atoms with Gasteiger partial charge in [-0.1, -0.05) is 11.8 Å². The lowest BCUT2D eigenvalue weighted by molar-refractivity contribution is -0.137. The van der Waals surface area contributed by atoms with E-state index in [1.54, 1.807) is 11.6 Å². The number of esters is 1. The molecule has 2 aromatic rings. The Balaban J connectivity index is 1.59. The summed E-state index contributed by atoms with van der Waals surface area (Å²) in [5.41, 5.74) is 0.345. The first-order valence-corrected chi connectivity index (χ1v) is 11.7. The Bertz CT molecular complexity index is 1010. The van der Waals surface area contributed by atoms with Crippen molar-refractivity contribution in [3.63, 3.8) is 0 Å². The maximum absolute atomic E-state index is 12.6. The van der Waals surface area contributed by atoms with Crippen molar-refractivity contribution in [1.82, 2.24) is 24.4 Å². The van der Waals surface area contributed by atoms with Crippen LogP contribution in [-0.4, -0.2) is 65.3 Å². The van der Waals surface area contributed by atoms with Crippen molar-refractivity contribution >= 4 is 33.7 Å². The zero-order valence-electron chi connectivity index (χ0n) is 16.7. The van der Waals surface area contributed by atoms with Crippen LogP contribution in [0.5, 0.6) is 0 Å². The Morgan fingerprint density at radius 3 is 2.47 bits per heavy atom. The molecule has 1 fully saturated rings. The van der Waals surface area contributed by atoms with E-state index in [9.17, 15) is 18.0 Å². The molecule has 12 heteroatoms. The Labute approximate surface area is 179 Å². The summed E-state index contributed by atoms with van der Waals surface area (Å²) in [6.07, 6.45) is 1.73. The first-order chi connectivity index (χ1) is 14.3. The van der Waals surface area contributed by atoms with Crippen LogP contribution in [0.1, 0.15) is 29.0 Å². The number of sulfonamides is 1. The summed E-state index contributed by atoms with van der Waals surface area (Å²) in [6.45, 7) is 1.19. The zero-order valence-corrected chi connectivity index (χ0v) is 18.3. The van der Waals surface area contributed by atoms with Gasteiger partial charge in [0, 0.05) is 25.7 Å². The van der Waals surface area contributed by atoms with E-state index in [1.807, 2.05) is 0 Å². The van der Waals surface area contributed by atoms with Gasteiger partial charge in [-0.2, -0.15) is 4.31 Å². The predicted molar refractivity (Wildman–Crippen MR) is 109 cm³/mol. The van der Waals surface area contributed by atoms with Gasteiger partial charge in [0.1, 0.15) is 0 Å². The van der Waals surface area contributed by atoms with Gasteiger partial charge in [0.05, 0.1) is 24.3 Å². The number of ether oxygens (including phenoxy) is 1. The Kier molecular flexibility index (Phi) is 7.10. The topological polar surface area (TPSA) is 123 Å². The van der Waals surface area contributed by atoms with Crippen molar-refractivity contribution in [3.8, 4) is 0 Å². The third-order valence-electron chi connectivity index (χ3n) is 4.70. The van der Waals surface area contributed by atoms with Crippen molar-refractivity contribution in [2.75, 3.05) is 26.0 Å². The number of rotatable bonds is 8. The second-order valence-electron chi connectivity index (χ2n) is 6.64. The molecule has 1 saturated heterocycles. The first-order valence-electron chi connectivity index (χ1n) is 9.29. The molecule has 0 spiro atoms. The van der Waals surface area contributed by atoms with Crippen molar-refractivity contribution in [3.05, 3.63) is 35.7 Å². The van der Waals surface area contributed by atoms with Crippen LogP contribution in [0.4, 0.5) is 0 Å². The number of carbonyl (C=O) groups is 2. The number of thioether (sulfide) groups is 1. The van der Waals surface area contributed by atoms with Gasteiger partial charge in [-0.15, -0.1) is 10.2 Å². The molecule has 0 saturated carbocycles. The quantitative estimate of drug-likeness (QED) is 0.460. The minimum atomic E-state index is -3.51. The summed E-state index contributed by atoms with van der Waals surface area (Å²) in [5, 5.41) is 11.3. The fourth-order valence-corrected chi connectivity index (χ4v) is 5.20. The van der Waals surface area contributed by atoms with Gasteiger partial charge >= 0.3 is 5.97 Å². The number of nitrogens with one attached hydrogen (secondary N) is 1. The van der Waals surface area contributed by atoms with Crippen molar-refractivity contribution in [2.45, 2.75) is 29.4 Å². The Morgan fingerprint density at radius 2 is 1.83 bits per heavy atom. The molecule has 0 aliphatic carbocycles. The molecule has 1 amide bonds. The highest BCUT2D eigenvalue weighted by Crippen LogP contribution is 2.21. The average Bonchev–Trinajstić information content (AvgIpc) is 3.41. The molecule has 0 unspecified atom stereocenters. The molecular formula is C18H23N5O5S2. The monoisotopic (exact) mass is 453 g/mol. The molecule has 2 heterocycles. The van der Waals surface area contributed by atoms with Gasteiger partial charge in [-0.05, 0) is 37.1 Å². The molecule has 0 atom stereocenters. The van der Waals surface area contributed by atoms with E-state index < -0.39 is 10.0 Å². The third-order valence-corrected chi connectivity index (χ3v) is 7.60. The van der Waals surface area contributed by atoms with Crippen molar-refractivity contribution < 1.29 is 22.7 Å². The Hall–Kier alpha value is -2.44. The third kappa shape index (κ3) is 4.99. The summed E-state index contributed by atoms with van der Waals surface area (Å²) in [7, 11) is -0.459. The number of carbonyl (C=O) groups excluding carboxylic acids is 2. The standard InChI is InChI=1S/C18H23N5O5S2/c1-22-15(20-21-18(22)29-12-16(24)28-2)11-19-17(25)13-5-7-14(8-6-13)30(26,27)23-9-3-4-10-23/h5-8H,3-4,9-12H2,1-2H3,(H,19,25). The summed E-state index contributed by atoms with van der Waals surface area (Å²) < 4.78 is 32.8. The van der Waals surface area contributed by atoms with Crippen LogP contribution in [-0.2, 0) is 33.1 Å². The van der Waals surface area contributed by atoms with E-state index in [-0.39, 0.29) is 29.1 Å². The van der Waals surface area contributed by atoms with E-state index in [2.05, 4.69) is 20.3 Å². The second-order valence-corrected chi connectivity index (χ2v) is 9.52. The molecule has 1 aromatic carbocycles. The number of hydrogen-bond acceptors (Lipinski definition) is 8. The summed E-state index contributed by atoms with van der Waals surface area (Å²) in [6, 6.07) is 5.89. The van der Waals surface area contributed by atoms with Gasteiger partial charge in [-0.3, -0.25) is 9.59 Å². The van der Waals surface area contributed by atoms with Crippen LogP contribution in [0, 0.1) is 0 Å². The van der Waals surface area contributed by atoms with Gasteiger partial charge in [0.15, 0.2) is 11.0 Å². The molecule has 10 nitrogen and oxygen atoms in total. The molecule has 1 aliphatic heterocycles. The molecule has 1 N–H and O–H groups in total. The second kappa shape index (κ2) is 9.58. The molecule has 0 bridgehead atoms. The average molecular weight is 454 g/mol. The lowest BCUT2D eigenvalue weighted by atomic mass is 10.2. The minimum absolute atomic E-state index is 0.113. The summed E-state index contributed by atoms with van der Waals surface area (Å²) >= 11 is 1.19. The van der Waals surface area contributed by atoms with Crippen LogP contribution in [0.25, 0.3) is 0 Å². The van der Waals surface area contributed by atoms with E-state index in [4.69, 9.17) is 0 Å². The number of hydrogen-bond donors (Lipinski definition) is 1. The van der Waals surface area contributed by atoms with Crippen molar-refractivity contribution in [1.29, 1.82) is 0 Å². The summed E-state index contributed by atoms with van der Waals surface area (Å²) in [5.74, 6) is -0.0921. The van der Waals surface area contributed by atoms with Crippen molar-refractivity contribution in [2.24, 2.45) is 7.05 Å².